The Labute approximate surface area is 119 Å². The molecule has 0 aliphatic heterocycles. The second kappa shape index (κ2) is 5.82. The molecule has 18 heavy (non-hydrogen) atoms. The molecular formula is C12H14BrClN4. The maximum Gasteiger partial charge on any atom is 0.0934 e. The van der Waals surface area contributed by atoms with E-state index in [-0.39, 0.29) is 6.04 Å². The third-order valence-corrected chi connectivity index (χ3v) is 3.50. The van der Waals surface area contributed by atoms with E-state index in [1.54, 1.807) is 12.4 Å². The molecule has 1 N–H and O–H groups in total. The molecule has 2 heterocycles. The van der Waals surface area contributed by atoms with Crippen LogP contribution in [-0.2, 0) is 6.54 Å². The fourth-order valence-corrected chi connectivity index (χ4v) is 2.38. The van der Waals surface area contributed by atoms with Gasteiger partial charge in [-0.2, -0.15) is 5.10 Å². The average molecular weight is 330 g/mol. The zero-order chi connectivity index (χ0) is 13.1. The van der Waals surface area contributed by atoms with Crippen molar-refractivity contribution >= 4 is 27.5 Å². The molecule has 1 atom stereocenters. The quantitative estimate of drug-likeness (QED) is 0.937. The summed E-state index contributed by atoms with van der Waals surface area (Å²) in [5, 5.41) is 8.14. The van der Waals surface area contributed by atoms with Crippen LogP contribution in [0.15, 0.2) is 29.0 Å². The van der Waals surface area contributed by atoms with E-state index < -0.39 is 0 Å². The number of nitrogens with one attached hydrogen (secondary N) is 1. The van der Waals surface area contributed by atoms with E-state index in [4.69, 9.17) is 11.6 Å². The lowest BCUT2D eigenvalue weighted by molar-refractivity contribution is 0.556. The summed E-state index contributed by atoms with van der Waals surface area (Å²) in [4.78, 5) is 4.41. The Morgan fingerprint density at radius 1 is 1.44 bits per heavy atom. The molecule has 0 aliphatic carbocycles. The molecule has 4 nitrogen and oxygen atoms in total. The maximum absolute atomic E-state index is 6.22. The van der Waals surface area contributed by atoms with Crippen molar-refractivity contribution in [2.24, 2.45) is 0 Å². The molecule has 0 radical (unpaired) electrons. The van der Waals surface area contributed by atoms with Crippen molar-refractivity contribution in [1.82, 2.24) is 20.1 Å². The van der Waals surface area contributed by atoms with Crippen LogP contribution in [0.4, 0.5) is 0 Å². The Hall–Kier alpha value is -0.910. The van der Waals surface area contributed by atoms with E-state index in [1.165, 1.54) is 0 Å². The molecule has 0 bridgehead atoms. The molecule has 0 amide bonds. The van der Waals surface area contributed by atoms with E-state index in [0.29, 0.717) is 5.02 Å². The van der Waals surface area contributed by atoms with Crippen LogP contribution >= 0.6 is 27.5 Å². The second-order valence-electron chi connectivity index (χ2n) is 3.82. The Balaban J connectivity index is 2.44. The average Bonchev–Trinajstić information content (AvgIpc) is 2.74. The first-order valence-corrected chi connectivity index (χ1v) is 6.84. The Morgan fingerprint density at radius 3 is 2.78 bits per heavy atom. The number of aryl methyl sites for hydroxylation is 1. The minimum atomic E-state index is -0.0620. The maximum atomic E-state index is 6.22. The van der Waals surface area contributed by atoms with Gasteiger partial charge in [-0.15, -0.1) is 0 Å². The first-order chi connectivity index (χ1) is 8.67. The lowest BCUT2D eigenvalue weighted by Gasteiger charge is -2.17. The summed E-state index contributed by atoms with van der Waals surface area (Å²) in [5.74, 6) is 0. The highest BCUT2D eigenvalue weighted by Crippen LogP contribution is 2.27. The number of pyridine rings is 1. The largest absolute Gasteiger partial charge is 0.307 e. The normalized spacial score (nSPS) is 12.7. The minimum Gasteiger partial charge on any atom is -0.307 e. The zero-order valence-corrected chi connectivity index (χ0v) is 12.5. The smallest absolute Gasteiger partial charge is 0.0934 e. The lowest BCUT2D eigenvalue weighted by atomic mass is 10.1. The zero-order valence-electron chi connectivity index (χ0n) is 10.2. The van der Waals surface area contributed by atoms with Gasteiger partial charge in [0.2, 0.25) is 0 Å². The molecule has 6 heteroatoms. The highest BCUT2D eigenvalue weighted by Gasteiger charge is 2.21. The minimum absolute atomic E-state index is 0.0620. The predicted octanol–water partition coefficient (Wildman–Crippen LogP) is 3.02. The summed E-state index contributed by atoms with van der Waals surface area (Å²) in [7, 11) is 1.89. The second-order valence-corrected chi connectivity index (χ2v) is 5.14. The Kier molecular flexibility index (Phi) is 4.37. The van der Waals surface area contributed by atoms with Crippen LogP contribution in [0.2, 0.25) is 5.02 Å². The molecule has 2 rings (SSSR count). The summed E-state index contributed by atoms with van der Waals surface area (Å²) in [6.07, 6.45) is 3.45. The summed E-state index contributed by atoms with van der Waals surface area (Å²) < 4.78 is 2.84. The van der Waals surface area contributed by atoms with Gasteiger partial charge in [0.15, 0.2) is 0 Å². The summed E-state index contributed by atoms with van der Waals surface area (Å²) in [6, 6.07) is 3.87. The van der Waals surface area contributed by atoms with Crippen LogP contribution in [0.3, 0.4) is 0 Å². The molecule has 0 aliphatic rings. The molecule has 1 unspecified atom stereocenters. The lowest BCUT2D eigenvalue weighted by Crippen LogP contribution is -2.22. The SMILES string of the molecule is CCn1ncc(Cl)c1C(NC)c1ccc(Br)cn1. The number of aromatic nitrogens is 3. The van der Waals surface area contributed by atoms with Crippen LogP contribution in [0.5, 0.6) is 0 Å². The summed E-state index contributed by atoms with van der Waals surface area (Å²) >= 11 is 9.60. The van der Waals surface area contributed by atoms with E-state index in [1.807, 2.05) is 30.8 Å². The van der Waals surface area contributed by atoms with Crippen LogP contribution in [0, 0.1) is 0 Å². The van der Waals surface area contributed by atoms with Gasteiger partial charge in [-0.25, -0.2) is 0 Å². The summed E-state index contributed by atoms with van der Waals surface area (Å²) in [5.41, 5.74) is 1.86. The highest BCUT2D eigenvalue weighted by molar-refractivity contribution is 9.10. The molecule has 2 aromatic rings. The predicted molar refractivity (Wildman–Crippen MR) is 75.8 cm³/mol. The highest BCUT2D eigenvalue weighted by atomic mass is 79.9. The van der Waals surface area contributed by atoms with Crippen molar-refractivity contribution in [2.75, 3.05) is 7.05 Å². The van der Waals surface area contributed by atoms with Gasteiger partial charge < -0.3 is 5.32 Å². The number of hydrogen-bond acceptors (Lipinski definition) is 3. The molecule has 0 spiro atoms. The van der Waals surface area contributed by atoms with Crippen molar-refractivity contribution in [3.8, 4) is 0 Å². The van der Waals surface area contributed by atoms with Crippen molar-refractivity contribution in [2.45, 2.75) is 19.5 Å². The van der Waals surface area contributed by atoms with Crippen molar-refractivity contribution in [3.05, 3.63) is 45.4 Å². The first-order valence-electron chi connectivity index (χ1n) is 5.67. The number of rotatable bonds is 4. The van der Waals surface area contributed by atoms with E-state index in [2.05, 4.69) is 31.3 Å². The van der Waals surface area contributed by atoms with Crippen LogP contribution in [-0.4, -0.2) is 21.8 Å². The van der Waals surface area contributed by atoms with E-state index in [9.17, 15) is 0 Å². The number of halogens is 2. The number of nitrogens with zero attached hydrogens (tertiary/aromatic N) is 3. The van der Waals surface area contributed by atoms with Crippen LogP contribution < -0.4 is 5.32 Å². The molecule has 0 aromatic carbocycles. The number of hydrogen-bond donors (Lipinski definition) is 1. The third-order valence-electron chi connectivity index (χ3n) is 2.74. The van der Waals surface area contributed by atoms with Crippen molar-refractivity contribution in [1.29, 1.82) is 0 Å². The molecular weight excluding hydrogens is 316 g/mol. The molecule has 96 valence electrons. The third kappa shape index (κ3) is 2.58. The summed E-state index contributed by atoms with van der Waals surface area (Å²) in [6.45, 7) is 2.81. The van der Waals surface area contributed by atoms with E-state index in [0.717, 1.165) is 22.4 Å². The molecule has 0 saturated heterocycles. The Morgan fingerprint density at radius 2 is 2.22 bits per heavy atom. The fourth-order valence-electron chi connectivity index (χ4n) is 1.89. The Bertz CT molecular complexity index is 523. The molecule has 0 fully saturated rings. The monoisotopic (exact) mass is 328 g/mol. The van der Waals surface area contributed by atoms with Crippen LogP contribution in [0.25, 0.3) is 0 Å². The van der Waals surface area contributed by atoms with Crippen molar-refractivity contribution in [3.63, 3.8) is 0 Å². The van der Waals surface area contributed by atoms with Gasteiger partial charge in [0.1, 0.15) is 0 Å². The van der Waals surface area contributed by atoms with Gasteiger partial charge in [0.05, 0.1) is 28.6 Å². The fraction of sp³-hybridized carbons (Fsp3) is 0.333. The molecule has 2 aromatic heterocycles. The topological polar surface area (TPSA) is 42.7 Å². The molecule has 0 saturated carbocycles. The van der Waals surface area contributed by atoms with Crippen LogP contribution in [0.1, 0.15) is 24.4 Å². The van der Waals surface area contributed by atoms with E-state index >= 15 is 0 Å². The van der Waals surface area contributed by atoms with Crippen molar-refractivity contribution < 1.29 is 0 Å². The standard InChI is InChI=1S/C12H14BrClN4/c1-3-18-12(9(14)7-17-18)11(15-2)10-5-4-8(13)6-16-10/h4-7,11,15H,3H2,1-2H3. The van der Waals surface area contributed by atoms with Gasteiger partial charge in [-0.1, -0.05) is 11.6 Å². The van der Waals surface area contributed by atoms with Gasteiger partial charge in [-0.3, -0.25) is 9.67 Å². The first kappa shape index (κ1) is 13.5. The van der Waals surface area contributed by atoms with Gasteiger partial charge in [0, 0.05) is 17.2 Å². The van der Waals surface area contributed by atoms with Gasteiger partial charge in [0.25, 0.3) is 0 Å². The van der Waals surface area contributed by atoms with Gasteiger partial charge >= 0.3 is 0 Å². The van der Waals surface area contributed by atoms with Gasteiger partial charge in [-0.05, 0) is 42.0 Å².